The van der Waals surface area contributed by atoms with Crippen molar-refractivity contribution in [3.05, 3.63) is 35.9 Å². The van der Waals surface area contributed by atoms with Crippen molar-refractivity contribution in [1.29, 1.82) is 0 Å². The first-order chi connectivity index (χ1) is 11.1. The second-order valence-electron chi connectivity index (χ2n) is 6.65. The van der Waals surface area contributed by atoms with Gasteiger partial charge in [-0.1, -0.05) is 30.3 Å². The third-order valence-corrected chi connectivity index (χ3v) is 5.01. The maximum absolute atomic E-state index is 13.2. The molecule has 0 spiro atoms. The Labute approximate surface area is 137 Å². The Balaban J connectivity index is 1.77. The topological polar surface area (TPSA) is 64.8 Å². The van der Waals surface area contributed by atoms with Crippen LogP contribution in [-0.2, 0) is 14.3 Å². The number of carbonyl (C=O) groups excluding carboxylic acids is 1. The van der Waals surface area contributed by atoms with Crippen LogP contribution in [0.5, 0.6) is 0 Å². The normalized spacial score (nSPS) is 27.7. The van der Waals surface area contributed by atoms with Gasteiger partial charge in [0.1, 0.15) is 6.10 Å². The van der Waals surface area contributed by atoms with E-state index in [-0.39, 0.29) is 18.1 Å². The molecule has 0 bridgehead atoms. The van der Waals surface area contributed by atoms with Crippen LogP contribution in [0.2, 0.25) is 0 Å². The van der Waals surface area contributed by atoms with E-state index in [1.165, 1.54) is 0 Å². The van der Waals surface area contributed by atoms with Crippen LogP contribution in [0.4, 0.5) is 0 Å². The molecule has 2 aliphatic rings. The SMILES string of the molecule is CC1CN(C(=O)C2(CN)CCOCC2)CC(c2ccccc2)O1. The van der Waals surface area contributed by atoms with Crippen LogP contribution < -0.4 is 5.73 Å². The lowest BCUT2D eigenvalue weighted by Crippen LogP contribution is -2.55. The molecule has 2 atom stereocenters. The maximum Gasteiger partial charge on any atom is 0.230 e. The summed E-state index contributed by atoms with van der Waals surface area (Å²) in [6.07, 6.45) is 1.37. The highest BCUT2D eigenvalue weighted by Gasteiger charge is 2.43. The van der Waals surface area contributed by atoms with E-state index in [4.69, 9.17) is 15.2 Å². The van der Waals surface area contributed by atoms with Crippen molar-refractivity contribution in [2.75, 3.05) is 32.8 Å². The Morgan fingerprint density at radius 2 is 1.96 bits per heavy atom. The van der Waals surface area contributed by atoms with Crippen molar-refractivity contribution in [2.24, 2.45) is 11.1 Å². The highest BCUT2D eigenvalue weighted by atomic mass is 16.5. The van der Waals surface area contributed by atoms with Gasteiger partial charge in [-0.05, 0) is 25.3 Å². The number of hydrogen-bond donors (Lipinski definition) is 1. The molecule has 1 amide bonds. The zero-order chi connectivity index (χ0) is 16.3. The van der Waals surface area contributed by atoms with Crippen LogP contribution >= 0.6 is 0 Å². The summed E-state index contributed by atoms with van der Waals surface area (Å²) in [6.45, 7) is 4.86. The molecule has 5 nitrogen and oxygen atoms in total. The molecule has 2 fully saturated rings. The highest BCUT2D eigenvalue weighted by Crippen LogP contribution is 2.34. The number of amides is 1. The number of ether oxygens (including phenoxy) is 2. The number of nitrogens with two attached hydrogens (primary N) is 1. The predicted molar refractivity (Wildman–Crippen MR) is 87.9 cm³/mol. The number of benzene rings is 1. The van der Waals surface area contributed by atoms with Crippen molar-refractivity contribution in [3.63, 3.8) is 0 Å². The van der Waals surface area contributed by atoms with Gasteiger partial charge in [-0.25, -0.2) is 0 Å². The van der Waals surface area contributed by atoms with Gasteiger partial charge in [0, 0.05) is 26.3 Å². The summed E-state index contributed by atoms with van der Waals surface area (Å²) in [5.74, 6) is 0.166. The fourth-order valence-corrected chi connectivity index (χ4v) is 3.57. The zero-order valence-electron chi connectivity index (χ0n) is 13.7. The van der Waals surface area contributed by atoms with Crippen LogP contribution in [0.25, 0.3) is 0 Å². The van der Waals surface area contributed by atoms with E-state index in [9.17, 15) is 4.79 Å². The zero-order valence-corrected chi connectivity index (χ0v) is 13.7. The average Bonchev–Trinajstić information content (AvgIpc) is 2.62. The quantitative estimate of drug-likeness (QED) is 0.922. The minimum Gasteiger partial charge on any atom is -0.381 e. The van der Waals surface area contributed by atoms with E-state index in [0.29, 0.717) is 45.7 Å². The van der Waals surface area contributed by atoms with Gasteiger partial charge in [-0.2, -0.15) is 0 Å². The Morgan fingerprint density at radius 3 is 2.61 bits per heavy atom. The van der Waals surface area contributed by atoms with E-state index in [2.05, 4.69) is 12.1 Å². The standard InChI is InChI=1S/C18H26N2O3/c1-14-11-20(12-16(23-14)15-5-3-2-4-6-15)17(21)18(13-19)7-9-22-10-8-18/h2-6,14,16H,7-13,19H2,1H3. The first kappa shape index (κ1) is 16.4. The van der Waals surface area contributed by atoms with E-state index < -0.39 is 5.41 Å². The molecule has 3 rings (SSSR count). The van der Waals surface area contributed by atoms with E-state index >= 15 is 0 Å². The van der Waals surface area contributed by atoms with Crippen LogP contribution in [0, 0.1) is 5.41 Å². The Hall–Kier alpha value is -1.43. The van der Waals surface area contributed by atoms with Gasteiger partial charge in [0.05, 0.1) is 18.1 Å². The number of nitrogens with zero attached hydrogens (tertiary/aromatic N) is 1. The van der Waals surface area contributed by atoms with Gasteiger partial charge in [0.2, 0.25) is 5.91 Å². The summed E-state index contributed by atoms with van der Waals surface area (Å²) < 4.78 is 11.5. The van der Waals surface area contributed by atoms with Crippen molar-refractivity contribution < 1.29 is 14.3 Å². The number of carbonyl (C=O) groups is 1. The van der Waals surface area contributed by atoms with Gasteiger partial charge in [-0.15, -0.1) is 0 Å². The van der Waals surface area contributed by atoms with Crippen molar-refractivity contribution in [1.82, 2.24) is 4.90 Å². The van der Waals surface area contributed by atoms with Crippen molar-refractivity contribution >= 4 is 5.91 Å². The van der Waals surface area contributed by atoms with Crippen LogP contribution in [-0.4, -0.2) is 49.8 Å². The monoisotopic (exact) mass is 318 g/mol. The van der Waals surface area contributed by atoms with Crippen LogP contribution in [0.15, 0.2) is 30.3 Å². The smallest absolute Gasteiger partial charge is 0.230 e. The van der Waals surface area contributed by atoms with E-state index in [1.807, 2.05) is 30.0 Å². The first-order valence-electron chi connectivity index (χ1n) is 8.42. The Kier molecular flexibility index (Phi) is 4.99. The van der Waals surface area contributed by atoms with Gasteiger partial charge in [0.25, 0.3) is 0 Å². The molecule has 5 heteroatoms. The summed E-state index contributed by atoms with van der Waals surface area (Å²) in [5.41, 5.74) is 6.65. The van der Waals surface area contributed by atoms with Gasteiger partial charge in [-0.3, -0.25) is 4.79 Å². The molecule has 2 N–H and O–H groups in total. The molecule has 0 aliphatic carbocycles. The molecule has 126 valence electrons. The molecule has 2 heterocycles. The minimum atomic E-state index is -0.462. The second-order valence-corrected chi connectivity index (χ2v) is 6.65. The predicted octanol–water partition coefficient (Wildman–Crippen LogP) is 1.73. The largest absolute Gasteiger partial charge is 0.381 e. The second kappa shape index (κ2) is 6.99. The molecule has 2 unspecified atom stereocenters. The average molecular weight is 318 g/mol. The molecule has 1 aromatic carbocycles. The fraction of sp³-hybridized carbons (Fsp3) is 0.611. The third-order valence-electron chi connectivity index (χ3n) is 5.01. The number of hydrogen-bond acceptors (Lipinski definition) is 4. The molecule has 23 heavy (non-hydrogen) atoms. The lowest BCUT2D eigenvalue weighted by atomic mass is 9.78. The Morgan fingerprint density at radius 1 is 1.26 bits per heavy atom. The van der Waals surface area contributed by atoms with Gasteiger partial charge in [0.15, 0.2) is 0 Å². The van der Waals surface area contributed by atoms with Crippen molar-refractivity contribution in [2.45, 2.75) is 32.0 Å². The molecular formula is C18H26N2O3. The number of rotatable bonds is 3. The van der Waals surface area contributed by atoms with Gasteiger partial charge >= 0.3 is 0 Å². The Bertz CT molecular complexity index is 528. The molecule has 0 aromatic heterocycles. The van der Waals surface area contributed by atoms with E-state index in [0.717, 1.165) is 5.56 Å². The molecule has 2 saturated heterocycles. The number of morpholine rings is 1. The minimum absolute atomic E-state index is 0.0209. The van der Waals surface area contributed by atoms with Crippen LogP contribution in [0.3, 0.4) is 0 Å². The fourth-order valence-electron chi connectivity index (χ4n) is 3.57. The molecule has 0 radical (unpaired) electrons. The lowest BCUT2D eigenvalue weighted by Gasteiger charge is -2.43. The summed E-state index contributed by atoms with van der Waals surface area (Å²) in [7, 11) is 0. The van der Waals surface area contributed by atoms with Gasteiger partial charge < -0.3 is 20.1 Å². The first-order valence-corrected chi connectivity index (χ1v) is 8.42. The maximum atomic E-state index is 13.2. The molecule has 1 aromatic rings. The summed E-state index contributed by atoms with van der Waals surface area (Å²) in [4.78, 5) is 15.1. The van der Waals surface area contributed by atoms with Crippen molar-refractivity contribution in [3.8, 4) is 0 Å². The summed E-state index contributed by atoms with van der Waals surface area (Å²) in [6, 6.07) is 10.1. The highest BCUT2D eigenvalue weighted by molar-refractivity contribution is 5.83. The molecule has 0 saturated carbocycles. The third kappa shape index (κ3) is 3.42. The summed E-state index contributed by atoms with van der Waals surface area (Å²) >= 11 is 0. The lowest BCUT2D eigenvalue weighted by molar-refractivity contribution is -0.159. The molecule has 2 aliphatic heterocycles. The molecular weight excluding hydrogens is 292 g/mol. The van der Waals surface area contributed by atoms with Crippen LogP contribution in [0.1, 0.15) is 31.4 Å². The van der Waals surface area contributed by atoms with E-state index in [1.54, 1.807) is 0 Å². The summed E-state index contributed by atoms with van der Waals surface area (Å²) in [5, 5.41) is 0.